The maximum absolute atomic E-state index is 11.4. The van der Waals surface area contributed by atoms with Crippen molar-refractivity contribution in [2.75, 3.05) is 6.54 Å². The SMILES string of the molecule is CCCCCNC(=O)CCn1ccnc1. The summed E-state index contributed by atoms with van der Waals surface area (Å²) in [5.74, 6) is 0.125. The van der Waals surface area contributed by atoms with Gasteiger partial charge >= 0.3 is 0 Å². The van der Waals surface area contributed by atoms with Crippen molar-refractivity contribution in [2.45, 2.75) is 39.2 Å². The van der Waals surface area contributed by atoms with Gasteiger partial charge < -0.3 is 9.88 Å². The lowest BCUT2D eigenvalue weighted by Gasteiger charge is -2.04. The Hall–Kier alpha value is -1.32. The van der Waals surface area contributed by atoms with Crippen LogP contribution in [0, 0.1) is 0 Å². The zero-order valence-electron chi connectivity index (χ0n) is 9.28. The highest BCUT2D eigenvalue weighted by Crippen LogP contribution is 1.93. The van der Waals surface area contributed by atoms with Gasteiger partial charge in [0.25, 0.3) is 0 Å². The van der Waals surface area contributed by atoms with Gasteiger partial charge in [0.2, 0.25) is 5.91 Å². The maximum atomic E-state index is 11.4. The molecule has 0 atom stereocenters. The van der Waals surface area contributed by atoms with Crippen LogP contribution in [0.3, 0.4) is 0 Å². The highest BCUT2D eigenvalue weighted by Gasteiger charge is 2.00. The van der Waals surface area contributed by atoms with E-state index in [2.05, 4.69) is 17.2 Å². The van der Waals surface area contributed by atoms with Crippen LogP contribution in [0.15, 0.2) is 18.7 Å². The molecule has 0 aliphatic heterocycles. The number of rotatable bonds is 7. The molecule has 1 heterocycles. The molecular weight excluding hydrogens is 190 g/mol. The lowest BCUT2D eigenvalue weighted by atomic mass is 10.2. The summed E-state index contributed by atoms with van der Waals surface area (Å²) in [7, 11) is 0. The van der Waals surface area contributed by atoms with Gasteiger partial charge in [-0.1, -0.05) is 19.8 Å². The number of carbonyl (C=O) groups is 1. The Balaban J connectivity index is 2.04. The zero-order chi connectivity index (χ0) is 10.9. The summed E-state index contributed by atoms with van der Waals surface area (Å²) < 4.78 is 1.91. The molecule has 0 unspecified atom stereocenters. The molecule has 1 aromatic rings. The Morgan fingerprint density at radius 1 is 1.47 bits per heavy atom. The smallest absolute Gasteiger partial charge is 0.221 e. The number of hydrogen-bond donors (Lipinski definition) is 1. The molecule has 0 fully saturated rings. The number of aryl methyl sites for hydroxylation is 1. The fraction of sp³-hybridized carbons (Fsp3) is 0.636. The fourth-order valence-corrected chi connectivity index (χ4v) is 1.34. The largest absolute Gasteiger partial charge is 0.356 e. The molecule has 1 rings (SSSR count). The highest BCUT2D eigenvalue weighted by molar-refractivity contribution is 5.75. The van der Waals surface area contributed by atoms with E-state index in [1.807, 2.05) is 10.8 Å². The van der Waals surface area contributed by atoms with Crippen LogP contribution < -0.4 is 5.32 Å². The second-order valence-corrected chi connectivity index (χ2v) is 3.61. The van der Waals surface area contributed by atoms with E-state index in [0.29, 0.717) is 13.0 Å². The van der Waals surface area contributed by atoms with Gasteiger partial charge in [-0.15, -0.1) is 0 Å². The van der Waals surface area contributed by atoms with Crippen LogP contribution in [-0.4, -0.2) is 22.0 Å². The van der Waals surface area contributed by atoms with Crippen molar-refractivity contribution in [3.63, 3.8) is 0 Å². The monoisotopic (exact) mass is 209 g/mol. The number of amides is 1. The van der Waals surface area contributed by atoms with E-state index < -0.39 is 0 Å². The van der Waals surface area contributed by atoms with E-state index in [4.69, 9.17) is 0 Å². The summed E-state index contributed by atoms with van der Waals surface area (Å²) in [6, 6.07) is 0. The van der Waals surface area contributed by atoms with E-state index in [0.717, 1.165) is 13.0 Å². The van der Waals surface area contributed by atoms with Crippen molar-refractivity contribution in [3.8, 4) is 0 Å². The molecule has 0 aliphatic rings. The number of unbranched alkanes of at least 4 members (excludes halogenated alkanes) is 2. The average molecular weight is 209 g/mol. The minimum Gasteiger partial charge on any atom is -0.356 e. The van der Waals surface area contributed by atoms with Crippen LogP contribution in [0.1, 0.15) is 32.6 Å². The molecule has 0 bridgehead atoms. The third-order valence-electron chi connectivity index (χ3n) is 2.26. The molecule has 0 radical (unpaired) electrons. The Morgan fingerprint density at radius 3 is 3.00 bits per heavy atom. The summed E-state index contributed by atoms with van der Waals surface area (Å²) in [6.45, 7) is 3.66. The summed E-state index contributed by atoms with van der Waals surface area (Å²) in [6.07, 6.45) is 9.29. The van der Waals surface area contributed by atoms with Crippen LogP contribution in [0.25, 0.3) is 0 Å². The van der Waals surface area contributed by atoms with Gasteiger partial charge in [0.1, 0.15) is 0 Å². The van der Waals surface area contributed by atoms with Gasteiger partial charge in [0, 0.05) is 31.9 Å². The first kappa shape index (κ1) is 11.8. The molecule has 1 amide bonds. The Morgan fingerprint density at radius 2 is 2.33 bits per heavy atom. The number of aromatic nitrogens is 2. The van der Waals surface area contributed by atoms with E-state index in [-0.39, 0.29) is 5.91 Å². The summed E-state index contributed by atoms with van der Waals surface area (Å²) in [5.41, 5.74) is 0. The first-order valence-electron chi connectivity index (χ1n) is 5.55. The molecule has 84 valence electrons. The van der Waals surface area contributed by atoms with Crippen molar-refractivity contribution in [3.05, 3.63) is 18.7 Å². The molecule has 1 N–H and O–H groups in total. The van der Waals surface area contributed by atoms with Crippen LogP contribution in [0.2, 0.25) is 0 Å². The van der Waals surface area contributed by atoms with Crippen LogP contribution >= 0.6 is 0 Å². The normalized spacial score (nSPS) is 10.2. The van der Waals surface area contributed by atoms with Crippen molar-refractivity contribution in [2.24, 2.45) is 0 Å². The average Bonchev–Trinajstić information content (AvgIpc) is 2.74. The van der Waals surface area contributed by atoms with Crippen LogP contribution in [-0.2, 0) is 11.3 Å². The van der Waals surface area contributed by atoms with Gasteiger partial charge in [-0.25, -0.2) is 4.98 Å². The topological polar surface area (TPSA) is 46.9 Å². The van der Waals surface area contributed by atoms with Gasteiger partial charge in [-0.05, 0) is 6.42 Å². The molecule has 15 heavy (non-hydrogen) atoms. The second-order valence-electron chi connectivity index (χ2n) is 3.61. The Labute approximate surface area is 90.7 Å². The highest BCUT2D eigenvalue weighted by atomic mass is 16.1. The lowest BCUT2D eigenvalue weighted by Crippen LogP contribution is -2.25. The molecule has 0 saturated heterocycles. The van der Waals surface area contributed by atoms with Gasteiger partial charge in [0.05, 0.1) is 6.33 Å². The standard InChI is InChI=1S/C11H19N3O/c1-2-3-4-6-13-11(15)5-8-14-9-7-12-10-14/h7,9-10H,2-6,8H2,1H3,(H,13,15). The molecule has 0 spiro atoms. The van der Waals surface area contributed by atoms with Crippen molar-refractivity contribution < 1.29 is 4.79 Å². The van der Waals surface area contributed by atoms with Crippen LogP contribution in [0.5, 0.6) is 0 Å². The fourth-order valence-electron chi connectivity index (χ4n) is 1.34. The first-order valence-corrected chi connectivity index (χ1v) is 5.55. The van der Waals surface area contributed by atoms with Gasteiger partial charge in [-0.2, -0.15) is 0 Å². The number of hydrogen-bond acceptors (Lipinski definition) is 2. The number of carbonyl (C=O) groups excluding carboxylic acids is 1. The number of nitrogens with zero attached hydrogens (tertiary/aromatic N) is 2. The number of imidazole rings is 1. The third kappa shape index (κ3) is 5.20. The summed E-state index contributed by atoms with van der Waals surface area (Å²) in [5, 5.41) is 2.91. The molecule has 1 aromatic heterocycles. The third-order valence-corrected chi connectivity index (χ3v) is 2.26. The molecule has 4 heteroatoms. The Kier molecular flexibility index (Phi) is 5.51. The van der Waals surface area contributed by atoms with Crippen LogP contribution in [0.4, 0.5) is 0 Å². The predicted molar refractivity (Wildman–Crippen MR) is 59.4 cm³/mol. The second kappa shape index (κ2) is 7.04. The summed E-state index contributed by atoms with van der Waals surface area (Å²) >= 11 is 0. The maximum Gasteiger partial charge on any atom is 0.221 e. The van der Waals surface area contributed by atoms with Gasteiger partial charge in [-0.3, -0.25) is 4.79 Å². The molecule has 0 aliphatic carbocycles. The molecular formula is C11H19N3O. The van der Waals surface area contributed by atoms with Crippen molar-refractivity contribution in [1.82, 2.24) is 14.9 Å². The van der Waals surface area contributed by atoms with E-state index >= 15 is 0 Å². The molecule has 0 aromatic carbocycles. The van der Waals surface area contributed by atoms with Gasteiger partial charge in [0.15, 0.2) is 0 Å². The van der Waals surface area contributed by atoms with E-state index in [9.17, 15) is 4.79 Å². The number of nitrogens with one attached hydrogen (secondary N) is 1. The quantitative estimate of drug-likeness (QED) is 0.693. The Bertz CT molecular complexity index is 269. The minimum absolute atomic E-state index is 0.125. The van der Waals surface area contributed by atoms with E-state index in [1.54, 1.807) is 12.5 Å². The first-order chi connectivity index (χ1) is 7.33. The molecule has 0 saturated carbocycles. The lowest BCUT2D eigenvalue weighted by molar-refractivity contribution is -0.121. The minimum atomic E-state index is 0.125. The molecule has 4 nitrogen and oxygen atoms in total. The predicted octanol–water partition coefficient (Wildman–Crippen LogP) is 1.58. The van der Waals surface area contributed by atoms with E-state index in [1.165, 1.54) is 12.8 Å². The summed E-state index contributed by atoms with van der Waals surface area (Å²) in [4.78, 5) is 15.3. The zero-order valence-corrected chi connectivity index (χ0v) is 9.28. The van der Waals surface area contributed by atoms with Crippen molar-refractivity contribution >= 4 is 5.91 Å². The van der Waals surface area contributed by atoms with Crippen molar-refractivity contribution in [1.29, 1.82) is 0 Å².